The lowest BCUT2D eigenvalue weighted by molar-refractivity contribution is -0.384. The van der Waals surface area contributed by atoms with E-state index in [1.807, 2.05) is 12.1 Å². The molecule has 0 radical (unpaired) electrons. The highest BCUT2D eigenvalue weighted by atomic mass is 79.9. The van der Waals surface area contributed by atoms with Gasteiger partial charge in [-0.25, -0.2) is 0 Å². The van der Waals surface area contributed by atoms with Gasteiger partial charge in [-0.15, -0.1) is 0 Å². The molecule has 0 spiro atoms. The molecule has 0 saturated heterocycles. The molecule has 1 saturated carbocycles. The summed E-state index contributed by atoms with van der Waals surface area (Å²) in [6, 6.07) is 10.0. The molecule has 0 unspecified atom stereocenters. The van der Waals surface area contributed by atoms with E-state index < -0.39 is 4.92 Å². The second-order valence-corrected chi connectivity index (χ2v) is 6.81. The van der Waals surface area contributed by atoms with Crippen molar-refractivity contribution in [1.29, 1.82) is 0 Å². The molecular formula is C18H17BrN2O4. The van der Waals surface area contributed by atoms with Crippen molar-refractivity contribution in [3.8, 4) is 5.75 Å². The van der Waals surface area contributed by atoms with Crippen LogP contribution in [-0.4, -0.2) is 17.9 Å². The fourth-order valence-corrected chi connectivity index (χ4v) is 3.23. The Morgan fingerprint density at radius 3 is 2.68 bits per heavy atom. The van der Waals surface area contributed by atoms with Crippen LogP contribution in [0.5, 0.6) is 5.75 Å². The van der Waals surface area contributed by atoms with E-state index in [2.05, 4.69) is 27.3 Å². The smallest absolute Gasteiger partial charge is 0.270 e. The highest BCUT2D eigenvalue weighted by Crippen LogP contribution is 2.44. The standard InChI is InChI=1S/C18H17BrN2O4/c1-25-17-7-2-11(8-15(17)12-3-4-12)10-20-18(22)14-6-5-13(21(23)24)9-16(14)19/h2,5-9,12H,3-4,10H2,1H3,(H,20,22). The lowest BCUT2D eigenvalue weighted by atomic mass is 10.1. The van der Waals surface area contributed by atoms with Crippen molar-refractivity contribution in [3.63, 3.8) is 0 Å². The molecule has 0 atom stereocenters. The summed E-state index contributed by atoms with van der Waals surface area (Å²) in [7, 11) is 1.66. The number of rotatable bonds is 6. The molecule has 25 heavy (non-hydrogen) atoms. The summed E-state index contributed by atoms with van der Waals surface area (Å²) in [5, 5.41) is 13.6. The van der Waals surface area contributed by atoms with Crippen molar-refractivity contribution in [2.75, 3.05) is 7.11 Å². The summed E-state index contributed by atoms with van der Waals surface area (Å²) in [4.78, 5) is 22.6. The Labute approximate surface area is 153 Å². The fourth-order valence-electron chi connectivity index (χ4n) is 2.69. The molecule has 1 aliphatic rings. The lowest BCUT2D eigenvalue weighted by Crippen LogP contribution is -2.23. The third kappa shape index (κ3) is 3.99. The Hall–Kier alpha value is -2.41. The molecular weight excluding hydrogens is 388 g/mol. The average Bonchev–Trinajstić information content (AvgIpc) is 3.44. The predicted octanol–water partition coefficient (Wildman–Crippen LogP) is 4.17. The highest BCUT2D eigenvalue weighted by Gasteiger charge is 2.27. The van der Waals surface area contributed by atoms with E-state index in [4.69, 9.17) is 4.74 Å². The van der Waals surface area contributed by atoms with E-state index in [0.717, 1.165) is 11.3 Å². The number of nitrogens with one attached hydrogen (secondary N) is 1. The van der Waals surface area contributed by atoms with Gasteiger partial charge in [-0.3, -0.25) is 14.9 Å². The largest absolute Gasteiger partial charge is 0.496 e. The SMILES string of the molecule is COc1ccc(CNC(=O)c2ccc([N+](=O)[O-])cc2Br)cc1C1CC1. The van der Waals surface area contributed by atoms with E-state index in [1.54, 1.807) is 7.11 Å². The maximum absolute atomic E-state index is 12.3. The van der Waals surface area contributed by atoms with E-state index in [1.165, 1.54) is 36.6 Å². The maximum atomic E-state index is 12.3. The van der Waals surface area contributed by atoms with Gasteiger partial charge in [-0.05, 0) is 57.9 Å². The number of halogens is 1. The number of nitro groups is 1. The first-order chi connectivity index (χ1) is 12.0. The first kappa shape index (κ1) is 17.4. The molecule has 0 aromatic heterocycles. The van der Waals surface area contributed by atoms with E-state index in [0.29, 0.717) is 22.5 Å². The lowest BCUT2D eigenvalue weighted by Gasteiger charge is -2.11. The highest BCUT2D eigenvalue weighted by molar-refractivity contribution is 9.10. The average molecular weight is 405 g/mol. The monoisotopic (exact) mass is 404 g/mol. The summed E-state index contributed by atoms with van der Waals surface area (Å²) in [6.45, 7) is 0.381. The molecule has 0 bridgehead atoms. The number of hydrogen-bond acceptors (Lipinski definition) is 4. The molecule has 1 aliphatic carbocycles. The van der Waals surface area contributed by atoms with Crippen molar-refractivity contribution >= 4 is 27.5 Å². The van der Waals surface area contributed by atoms with Gasteiger partial charge >= 0.3 is 0 Å². The van der Waals surface area contributed by atoms with Gasteiger partial charge < -0.3 is 10.1 Å². The number of non-ortho nitro benzene ring substituents is 1. The second kappa shape index (κ2) is 7.23. The topological polar surface area (TPSA) is 81.5 Å². The molecule has 1 amide bonds. The third-order valence-electron chi connectivity index (χ3n) is 4.17. The van der Waals surface area contributed by atoms with Crippen molar-refractivity contribution in [1.82, 2.24) is 5.32 Å². The van der Waals surface area contributed by atoms with E-state index >= 15 is 0 Å². The number of nitro benzene ring substituents is 1. The summed E-state index contributed by atoms with van der Waals surface area (Å²) >= 11 is 3.22. The van der Waals surface area contributed by atoms with Crippen LogP contribution in [0.15, 0.2) is 40.9 Å². The molecule has 7 heteroatoms. The van der Waals surface area contributed by atoms with Gasteiger partial charge in [0, 0.05) is 23.2 Å². The summed E-state index contributed by atoms with van der Waals surface area (Å²) in [6.07, 6.45) is 2.34. The van der Waals surface area contributed by atoms with Crippen LogP contribution in [-0.2, 0) is 6.54 Å². The fraction of sp³-hybridized carbons (Fsp3) is 0.278. The van der Waals surface area contributed by atoms with Gasteiger partial charge in [0.2, 0.25) is 0 Å². The molecule has 1 N–H and O–H groups in total. The third-order valence-corrected chi connectivity index (χ3v) is 4.83. The van der Waals surface area contributed by atoms with Crippen molar-refractivity contribution in [2.24, 2.45) is 0 Å². The zero-order chi connectivity index (χ0) is 18.0. The van der Waals surface area contributed by atoms with E-state index in [9.17, 15) is 14.9 Å². The van der Waals surface area contributed by atoms with Gasteiger partial charge in [-0.2, -0.15) is 0 Å². The van der Waals surface area contributed by atoms with Crippen LogP contribution in [0.1, 0.15) is 40.2 Å². The minimum absolute atomic E-state index is 0.0624. The van der Waals surface area contributed by atoms with Crippen LogP contribution < -0.4 is 10.1 Å². The molecule has 6 nitrogen and oxygen atoms in total. The van der Waals surface area contributed by atoms with Crippen molar-refractivity contribution in [3.05, 3.63) is 67.7 Å². The van der Waals surface area contributed by atoms with Crippen LogP contribution >= 0.6 is 15.9 Å². The van der Waals surface area contributed by atoms with Crippen LogP contribution in [0, 0.1) is 10.1 Å². The number of ether oxygens (including phenoxy) is 1. The zero-order valence-corrected chi connectivity index (χ0v) is 15.2. The summed E-state index contributed by atoms with van der Waals surface area (Å²) < 4.78 is 5.79. The Bertz CT molecular complexity index is 834. The quantitative estimate of drug-likeness (QED) is 0.578. The van der Waals surface area contributed by atoms with Crippen molar-refractivity contribution in [2.45, 2.75) is 25.3 Å². The Morgan fingerprint density at radius 1 is 1.32 bits per heavy atom. The minimum Gasteiger partial charge on any atom is -0.496 e. The van der Waals surface area contributed by atoms with Crippen LogP contribution in [0.3, 0.4) is 0 Å². The maximum Gasteiger partial charge on any atom is 0.270 e. The second-order valence-electron chi connectivity index (χ2n) is 5.95. The van der Waals surface area contributed by atoms with Crippen LogP contribution in [0.25, 0.3) is 0 Å². The summed E-state index contributed by atoms with van der Waals surface area (Å²) in [5.41, 5.74) is 2.48. The number of nitrogens with zero attached hydrogens (tertiary/aromatic N) is 1. The number of carbonyl (C=O) groups excluding carboxylic acids is 1. The number of carbonyl (C=O) groups is 1. The predicted molar refractivity (Wildman–Crippen MR) is 96.9 cm³/mol. The number of hydrogen-bond donors (Lipinski definition) is 1. The Morgan fingerprint density at radius 2 is 2.08 bits per heavy atom. The molecule has 130 valence electrons. The van der Waals surface area contributed by atoms with Gasteiger partial charge in [0.1, 0.15) is 5.75 Å². The number of benzene rings is 2. The van der Waals surface area contributed by atoms with Crippen LogP contribution in [0.4, 0.5) is 5.69 Å². The van der Waals surface area contributed by atoms with Crippen LogP contribution in [0.2, 0.25) is 0 Å². The van der Waals surface area contributed by atoms with E-state index in [-0.39, 0.29) is 11.6 Å². The van der Waals surface area contributed by atoms with Crippen molar-refractivity contribution < 1.29 is 14.5 Å². The molecule has 2 aromatic carbocycles. The van der Waals surface area contributed by atoms with Gasteiger partial charge in [0.25, 0.3) is 11.6 Å². The van der Waals surface area contributed by atoms with Gasteiger partial charge in [0.15, 0.2) is 0 Å². The summed E-state index contributed by atoms with van der Waals surface area (Å²) in [5.74, 6) is 1.15. The minimum atomic E-state index is -0.497. The van der Waals surface area contributed by atoms with Gasteiger partial charge in [0.05, 0.1) is 17.6 Å². The first-order valence-electron chi connectivity index (χ1n) is 7.88. The molecule has 3 rings (SSSR count). The molecule has 2 aromatic rings. The molecule has 0 aliphatic heterocycles. The molecule has 1 fully saturated rings. The number of amides is 1. The Kier molecular flexibility index (Phi) is 5.03. The molecule has 0 heterocycles. The normalized spacial score (nSPS) is 13.4. The number of methoxy groups -OCH3 is 1. The Balaban J connectivity index is 1.70. The first-order valence-corrected chi connectivity index (χ1v) is 8.68. The zero-order valence-electron chi connectivity index (χ0n) is 13.6. The van der Waals surface area contributed by atoms with Gasteiger partial charge in [-0.1, -0.05) is 12.1 Å².